The third-order valence-electron chi connectivity index (χ3n) is 2.13. The Kier molecular flexibility index (Phi) is 8.33. The molecule has 0 bridgehead atoms. The molecule has 4 nitrogen and oxygen atoms in total. The van der Waals surface area contributed by atoms with Crippen LogP contribution in [0.25, 0.3) is 0 Å². The third-order valence-corrected chi connectivity index (χ3v) is 2.13. The van der Waals surface area contributed by atoms with Crippen LogP contribution in [0.1, 0.15) is 26.7 Å². The number of hydrogen-bond acceptors (Lipinski definition) is 3. The summed E-state index contributed by atoms with van der Waals surface area (Å²) in [6.07, 6.45) is 1.46. The minimum Gasteiger partial charge on any atom is -0.383 e. The Labute approximate surface area is 92.8 Å². The van der Waals surface area contributed by atoms with Crippen molar-refractivity contribution in [1.29, 1.82) is 0 Å². The number of nitrogens with two attached hydrogens (primary N) is 1. The Morgan fingerprint density at radius 3 is 2.53 bits per heavy atom. The lowest BCUT2D eigenvalue weighted by Crippen LogP contribution is -2.36. The second kappa shape index (κ2) is 8.68. The Hall–Kier alpha value is -0.610. The molecule has 2 N–H and O–H groups in total. The number of ether oxygens (including phenoxy) is 1. The molecule has 0 saturated carbocycles. The van der Waals surface area contributed by atoms with E-state index in [1.54, 1.807) is 7.11 Å². The number of hydrogen-bond donors (Lipinski definition) is 1. The van der Waals surface area contributed by atoms with E-state index >= 15 is 0 Å². The highest BCUT2D eigenvalue weighted by Crippen LogP contribution is 2.04. The van der Waals surface area contributed by atoms with Crippen LogP contribution in [0.3, 0.4) is 0 Å². The summed E-state index contributed by atoms with van der Waals surface area (Å²) in [4.78, 5) is 13.6. The zero-order valence-electron chi connectivity index (χ0n) is 10.2. The van der Waals surface area contributed by atoms with Gasteiger partial charge in [0.1, 0.15) is 0 Å². The lowest BCUT2D eigenvalue weighted by atomic mass is 10.1. The number of nitrogens with zero attached hydrogens (tertiary/aromatic N) is 1. The smallest absolute Gasteiger partial charge is 0.222 e. The van der Waals surface area contributed by atoms with Crippen LogP contribution >= 0.6 is 0 Å². The minimum atomic E-state index is 0.204. The SMILES string of the molecule is COCCN(CCCN)C(=O)CC(C)C. The van der Waals surface area contributed by atoms with E-state index in [1.807, 2.05) is 4.90 Å². The summed E-state index contributed by atoms with van der Waals surface area (Å²) in [5.41, 5.74) is 5.44. The highest BCUT2D eigenvalue weighted by Gasteiger charge is 2.13. The highest BCUT2D eigenvalue weighted by molar-refractivity contribution is 5.76. The molecule has 0 aromatic heterocycles. The van der Waals surface area contributed by atoms with E-state index in [4.69, 9.17) is 10.5 Å². The summed E-state index contributed by atoms with van der Waals surface area (Å²) < 4.78 is 4.98. The molecule has 0 saturated heterocycles. The van der Waals surface area contributed by atoms with Gasteiger partial charge in [0.25, 0.3) is 0 Å². The molecular formula is C11H24N2O2. The van der Waals surface area contributed by atoms with Gasteiger partial charge < -0.3 is 15.4 Å². The summed E-state index contributed by atoms with van der Waals surface area (Å²) in [7, 11) is 1.65. The predicted octanol–water partition coefficient (Wildman–Crippen LogP) is 0.856. The van der Waals surface area contributed by atoms with E-state index in [-0.39, 0.29) is 5.91 Å². The summed E-state index contributed by atoms with van der Waals surface area (Å²) >= 11 is 0. The summed E-state index contributed by atoms with van der Waals surface area (Å²) in [6, 6.07) is 0. The fourth-order valence-corrected chi connectivity index (χ4v) is 1.32. The van der Waals surface area contributed by atoms with Crippen LogP contribution in [0.2, 0.25) is 0 Å². The topological polar surface area (TPSA) is 55.6 Å². The Bertz CT molecular complexity index is 164. The summed E-state index contributed by atoms with van der Waals surface area (Å²) in [5.74, 6) is 0.607. The first kappa shape index (κ1) is 14.4. The molecule has 0 heterocycles. The van der Waals surface area contributed by atoms with Gasteiger partial charge in [-0.25, -0.2) is 0 Å². The summed E-state index contributed by atoms with van der Waals surface area (Å²) in [5, 5.41) is 0. The van der Waals surface area contributed by atoms with Crippen LogP contribution in [0.5, 0.6) is 0 Å². The highest BCUT2D eigenvalue weighted by atomic mass is 16.5. The van der Waals surface area contributed by atoms with Gasteiger partial charge in [0, 0.05) is 26.6 Å². The quantitative estimate of drug-likeness (QED) is 0.654. The molecule has 0 aromatic rings. The van der Waals surface area contributed by atoms with Crippen molar-refractivity contribution in [3.8, 4) is 0 Å². The van der Waals surface area contributed by atoms with Gasteiger partial charge in [-0.05, 0) is 18.9 Å². The number of methoxy groups -OCH3 is 1. The maximum atomic E-state index is 11.8. The van der Waals surface area contributed by atoms with Gasteiger partial charge in [-0.15, -0.1) is 0 Å². The van der Waals surface area contributed by atoms with Crippen molar-refractivity contribution in [2.45, 2.75) is 26.7 Å². The molecule has 1 amide bonds. The van der Waals surface area contributed by atoms with E-state index in [0.717, 1.165) is 13.0 Å². The monoisotopic (exact) mass is 216 g/mol. The molecule has 0 atom stereocenters. The second-order valence-corrected chi connectivity index (χ2v) is 4.11. The van der Waals surface area contributed by atoms with E-state index in [1.165, 1.54) is 0 Å². The molecule has 90 valence electrons. The van der Waals surface area contributed by atoms with E-state index in [0.29, 0.717) is 32.0 Å². The van der Waals surface area contributed by atoms with Crippen molar-refractivity contribution in [3.05, 3.63) is 0 Å². The molecule has 0 rings (SSSR count). The molecule has 0 aliphatic rings. The Morgan fingerprint density at radius 1 is 1.40 bits per heavy atom. The van der Waals surface area contributed by atoms with Crippen molar-refractivity contribution >= 4 is 5.91 Å². The van der Waals surface area contributed by atoms with Gasteiger partial charge in [0.2, 0.25) is 5.91 Å². The van der Waals surface area contributed by atoms with Crippen molar-refractivity contribution in [1.82, 2.24) is 4.90 Å². The summed E-state index contributed by atoms with van der Waals surface area (Å²) in [6.45, 7) is 6.73. The van der Waals surface area contributed by atoms with Gasteiger partial charge >= 0.3 is 0 Å². The molecule has 15 heavy (non-hydrogen) atoms. The van der Waals surface area contributed by atoms with Crippen LogP contribution in [-0.2, 0) is 9.53 Å². The number of rotatable bonds is 8. The Morgan fingerprint density at radius 2 is 2.07 bits per heavy atom. The van der Waals surface area contributed by atoms with Crippen LogP contribution in [0, 0.1) is 5.92 Å². The second-order valence-electron chi connectivity index (χ2n) is 4.11. The van der Waals surface area contributed by atoms with Gasteiger partial charge in [-0.1, -0.05) is 13.8 Å². The van der Waals surface area contributed by atoms with Crippen molar-refractivity contribution in [2.24, 2.45) is 11.7 Å². The zero-order valence-corrected chi connectivity index (χ0v) is 10.2. The zero-order chi connectivity index (χ0) is 11.7. The fourth-order valence-electron chi connectivity index (χ4n) is 1.32. The molecule has 0 aliphatic heterocycles. The molecule has 0 spiro atoms. The Balaban J connectivity index is 4.01. The molecule has 0 fully saturated rings. The van der Waals surface area contributed by atoms with Crippen LogP contribution in [-0.4, -0.2) is 44.2 Å². The van der Waals surface area contributed by atoms with Crippen LogP contribution < -0.4 is 5.73 Å². The van der Waals surface area contributed by atoms with Crippen molar-refractivity contribution in [2.75, 3.05) is 33.4 Å². The lowest BCUT2D eigenvalue weighted by Gasteiger charge is -2.23. The average Bonchev–Trinajstić information content (AvgIpc) is 2.17. The van der Waals surface area contributed by atoms with Gasteiger partial charge in [0.05, 0.1) is 6.61 Å². The minimum absolute atomic E-state index is 0.204. The molecule has 0 unspecified atom stereocenters. The van der Waals surface area contributed by atoms with Gasteiger partial charge in [-0.2, -0.15) is 0 Å². The van der Waals surface area contributed by atoms with E-state index in [9.17, 15) is 4.79 Å². The molecule has 4 heteroatoms. The molecule has 0 aliphatic carbocycles. The predicted molar refractivity (Wildman–Crippen MR) is 61.6 cm³/mol. The lowest BCUT2D eigenvalue weighted by molar-refractivity contribution is -0.132. The maximum Gasteiger partial charge on any atom is 0.222 e. The van der Waals surface area contributed by atoms with E-state index in [2.05, 4.69) is 13.8 Å². The van der Waals surface area contributed by atoms with E-state index < -0.39 is 0 Å². The fraction of sp³-hybridized carbons (Fsp3) is 0.909. The third kappa shape index (κ3) is 7.33. The largest absolute Gasteiger partial charge is 0.383 e. The molecular weight excluding hydrogens is 192 g/mol. The van der Waals surface area contributed by atoms with Crippen LogP contribution in [0.4, 0.5) is 0 Å². The van der Waals surface area contributed by atoms with Crippen molar-refractivity contribution in [3.63, 3.8) is 0 Å². The molecule has 0 radical (unpaired) electrons. The standard InChI is InChI=1S/C11H24N2O2/c1-10(2)9-11(14)13(6-4-5-12)7-8-15-3/h10H,4-9,12H2,1-3H3. The number of amides is 1. The first-order chi connectivity index (χ1) is 7.11. The first-order valence-corrected chi connectivity index (χ1v) is 5.58. The normalized spacial score (nSPS) is 10.7. The van der Waals surface area contributed by atoms with Crippen LogP contribution in [0.15, 0.2) is 0 Å². The number of carbonyl (C=O) groups excluding carboxylic acids is 1. The van der Waals surface area contributed by atoms with Crippen molar-refractivity contribution < 1.29 is 9.53 Å². The molecule has 0 aromatic carbocycles. The maximum absolute atomic E-state index is 11.8. The number of carbonyl (C=O) groups is 1. The van der Waals surface area contributed by atoms with Gasteiger partial charge in [0.15, 0.2) is 0 Å². The van der Waals surface area contributed by atoms with Gasteiger partial charge in [-0.3, -0.25) is 4.79 Å². The average molecular weight is 216 g/mol. The first-order valence-electron chi connectivity index (χ1n) is 5.58.